The van der Waals surface area contributed by atoms with Crippen molar-refractivity contribution >= 4 is 40.0 Å². The molecule has 0 spiro atoms. The predicted octanol–water partition coefficient (Wildman–Crippen LogP) is 4.65. The number of ketones is 1. The van der Waals surface area contributed by atoms with Gasteiger partial charge >= 0.3 is 0 Å². The smallest absolute Gasteiger partial charge is 0.168 e. The fraction of sp³-hybridized carbons (Fsp3) is 0.0714. The summed E-state index contributed by atoms with van der Waals surface area (Å²) in [6.07, 6.45) is -0.0156. The Morgan fingerprint density at radius 1 is 1.11 bits per heavy atom. The minimum absolute atomic E-state index is 0.0156. The Bertz CT molecular complexity index is 643. The van der Waals surface area contributed by atoms with Crippen molar-refractivity contribution in [2.45, 2.75) is 6.42 Å². The highest BCUT2D eigenvalue weighted by Crippen LogP contribution is 2.21. The third-order valence-electron chi connectivity index (χ3n) is 2.59. The number of hydrogen-bond donors (Lipinski definition) is 0. The van der Waals surface area contributed by atoms with Crippen LogP contribution in [0.5, 0.6) is 0 Å². The molecule has 0 atom stereocenters. The lowest BCUT2D eigenvalue weighted by molar-refractivity contribution is 0.0992. The van der Waals surface area contributed by atoms with Crippen LogP contribution in [-0.4, -0.2) is 5.78 Å². The summed E-state index contributed by atoms with van der Waals surface area (Å²) in [7, 11) is 0. The molecule has 0 radical (unpaired) electrons. The highest BCUT2D eigenvalue weighted by atomic mass is 127. The van der Waals surface area contributed by atoms with Gasteiger partial charge in [0.2, 0.25) is 0 Å². The van der Waals surface area contributed by atoms with Crippen LogP contribution in [0, 0.1) is 15.2 Å². The summed E-state index contributed by atoms with van der Waals surface area (Å²) in [6.45, 7) is 0. The molecule has 0 fully saturated rings. The molecule has 0 heterocycles. The summed E-state index contributed by atoms with van der Waals surface area (Å²) in [5, 5.41) is 0.340. The SMILES string of the molecule is O=C(Cc1cc(F)ccc1Cl)c1ccc(F)cc1I. The number of carbonyl (C=O) groups excluding carboxylic acids is 1. The van der Waals surface area contributed by atoms with E-state index in [2.05, 4.69) is 0 Å². The number of Topliss-reactive ketones (excluding diaryl/α,β-unsaturated/α-hetero) is 1. The van der Waals surface area contributed by atoms with Gasteiger partial charge in [-0.05, 0) is 64.6 Å². The molecule has 0 N–H and O–H groups in total. The molecule has 2 aromatic rings. The molecule has 1 nitrogen and oxygen atoms in total. The topological polar surface area (TPSA) is 17.1 Å². The van der Waals surface area contributed by atoms with Gasteiger partial charge < -0.3 is 0 Å². The Labute approximate surface area is 127 Å². The van der Waals surface area contributed by atoms with Crippen molar-refractivity contribution in [2.75, 3.05) is 0 Å². The van der Waals surface area contributed by atoms with E-state index in [9.17, 15) is 13.6 Å². The molecule has 0 amide bonds. The van der Waals surface area contributed by atoms with Gasteiger partial charge in [0, 0.05) is 20.6 Å². The van der Waals surface area contributed by atoms with E-state index in [1.807, 2.05) is 22.6 Å². The van der Waals surface area contributed by atoms with Gasteiger partial charge in [-0.15, -0.1) is 0 Å². The van der Waals surface area contributed by atoms with E-state index in [1.165, 1.54) is 36.4 Å². The quantitative estimate of drug-likeness (QED) is 0.549. The van der Waals surface area contributed by atoms with Crippen LogP contribution in [0.2, 0.25) is 5.02 Å². The Balaban J connectivity index is 2.28. The third kappa shape index (κ3) is 3.51. The fourth-order valence-corrected chi connectivity index (χ4v) is 2.63. The lowest BCUT2D eigenvalue weighted by atomic mass is 10.0. The van der Waals surface area contributed by atoms with Gasteiger partial charge in [0.1, 0.15) is 11.6 Å². The average Bonchev–Trinajstić information content (AvgIpc) is 2.33. The second-order valence-corrected chi connectivity index (χ2v) is 5.53. The van der Waals surface area contributed by atoms with Gasteiger partial charge in [0.05, 0.1) is 0 Å². The van der Waals surface area contributed by atoms with E-state index in [4.69, 9.17) is 11.6 Å². The van der Waals surface area contributed by atoms with Crippen LogP contribution >= 0.6 is 34.2 Å². The average molecular weight is 393 g/mol. The molecule has 0 aliphatic heterocycles. The summed E-state index contributed by atoms with van der Waals surface area (Å²) in [5.74, 6) is -1.07. The van der Waals surface area contributed by atoms with Crippen LogP contribution in [0.4, 0.5) is 8.78 Å². The number of hydrogen-bond acceptors (Lipinski definition) is 1. The first-order chi connectivity index (χ1) is 8.97. The lowest BCUT2D eigenvalue weighted by Gasteiger charge is -2.06. The standard InChI is InChI=1S/C14H8ClF2IO/c15-12-4-2-9(16)5-8(12)6-14(19)11-3-1-10(17)7-13(11)18/h1-5,7H,6H2. The zero-order valence-corrected chi connectivity index (χ0v) is 12.5. The van der Waals surface area contributed by atoms with Crippen LogP contribution in [0.1, 0.15) is 15.9 Å². The Kier molecular flexibility index (Phi) is 4.52. The van der Waals surface area contributed by atoms with Crippen LogP contribution < -0.4 is 0 Å². The van der Waals surface area contributed by atoms with E-state index >= 15 is 0 Å². The maximum Gasteiger partial charge on any atom is 0.168 e. The minimum Gasteiger partial charge on any atom is -0.294 e. The molecule has 5 heteroatoms. The first-order valence-corrected chi connectivity index (χ1v) is 6.85. The second kappa shape index (κ2) is 5.96. The highest BCUT2D eigenvalue weighted by molar-refractivity contribution is 14.1. The molecule has 19 heavy (non-hydrogen) atoms. The zero-order chi connectivity index (χ0) is 14.0. The molecule has 0 unspecified atom stereocenters. The van der Waals surface area contributed by atoms with Crippen molar-refractivity contribution in [3.8, 4) is 0 Å². The molecule has 0 saturated heterocycles. The number of rotatable bonds is 3. The zero-order valence-electron chi connectivity index (χ0n) is 9.59. The van der Waals surface area contributed by atoms with E-state index < -0.39 is 11.6 Å². The monoisotopic (exact) mass is 392 g/mol. The van der Waals surface area contributed by atoms with Gasteiger partial charge in [-0.1, -0.05) is 11.6 Å². The Morgan fingerprint density at radius 3 is 2.42 bits per heavy atom. The fourth-order valence-electron chi connectivity index (χ4n) is 1.66. The van der Waals surface area contributed by atoms with Crippen molar-refractivity contribution in [3.63, 3.8) is 0 Å². The van der Waals surface area contributed by atoms with Crippen LogP contribution in [0.25, 0.3) is 0 Å². The van der Waals surface area contributed by atoms with Gasteiger partial charge in [0.15, 0.2) is 5.78 Å². The lowest BCUT2D eigenvalue weighted by Crippen LogP contribution is -2.06. The molecule has 98 valence electrons. The van der Waals surface area contributed by atoms with Gasteiger partial charge in [-0.25, -0.2) is 8.78 Å². The molecular weight excluding hydrogens is 385 g/mol. The normalized spacial score (nSPS) is 10.5. The Hall–Kier alpha value is -1.01. The summed E-state index contributed by atoms with van der Waals surface area (Å²) in [6, 6.07) is 7.81. The van der Waals surface area contributed by atoms with Crippen molar-refractivity contribution in [2.24, 2.45) is 0 Å². The van der Waals surface area contributed by atoms with Gasteiger partial charge in [0.25, 0.3) is 0 Å². The van der Waals surface area contributed by atoms with E-state index in [1.54, 1.807) is 0 Å². The van der Waals surface area contributed by atoms with E-state index in [0.717, 1.165) is 0 Å². The molecule has 0 aliphatic carbocycles. The molecular formula is C14H8ClF2IO. The van der Waals surface area contributed by atoms with Crippen LogP contribution in [0.3, 0.4) is 0 Å². The van der Waals surface area contributed by atoms with Gasteiger partial charge in [-0.2, -0.15) is 0 Å². The van der Waals surface area contributed by atoms with Crippen LogP contribution in [0.15, 0.2) is 36.4 Å². The molecule has 2 rings (SSSR count). The maximum absolute atomic E-state index is 13.1. The van der Waals surface area contributed by atoms with Gasteiger partial charge in [-0.3, -0.25) is 4.79 Å². The van der Waals surface area contributed by atoms with Crippen LogP contribution in [-0.2, 0) is 6.42 Å². The first kappa shape index (κ1) is 14.4. The van der Waals surface area contributed by atoms with Crippen molar-refractivity contribution in [1.29, 1.82) is 0 Å². The number of benzene rings is 2. The number of halogens is 4. The molecule has 0 bridgehead atoms. The van der Waals surface area contributed by atoms with Crippen molar-refractivity contribution in [3.05, 3.63) is 67.8 Å². The summed E-state index contributed by atoms with van der Waals surface area (Å²) in [5.41, 5.74) is 0.828. The van der Waals surface area contributed by atoms with E-state index in [0.29, 0.717) is 19.7 Å². The Morgan fingerprint density at radius 2 is 1.74 bits per heavy atom. The molecule has 0 aromatic heterocycles. The maximum atomic E-state index is 13.1. The van der Waals surface area contributed by atoms with Crippen molar-refractivity contribution in [1.82, 2.24) is 0 Å². The minimum atomic E-state index is -0.444. The molecule has 2 aromatic carbocycles. The largest absolute Gasteiger partial charge is 0.294 e. The predicted molar refractivity (Wildman–Crippen MR) is 78.6 cm³/mol. The number of carbonyl (C=O) groups is 1. The molecule has 0 aliphatic rings. The third-order valence-corrected chi connectivity index (χ3v) is 3.85. The summed E-state index contributed by atoms with van der Waals surface area (Å²) >= 11 is 7.80. The van der Waals surface area contributed by atoms with E-state index in [-0.39, 0.29) is 12.2 Å². The molecule has 0 saturated carbocycles. The summed E-state index contributed by atoms with van der Waals surface area (Å²) in [4.78, 5) is 12.1. The first-order valence-electron chi connectivity index (χ1n) is 5.39. The van der Waals surface area contributed by atoms with Crippen molar-refractivity contribution < 1.29 is 13.6 Å². The summed E-state index contributed by atoms with van der Waals surface area (Å²) < 4.78 is 26.6. The highest BCUT2D eigenvalue weighted by Gasteiger charge is 2.13. The second-order valence-electron chi connectivity index (χ2n) is 3.96.